The molecule has 0 saturated heterocycles. The zero-order valence-electron chi connectivity index (χ0n) is 17.3. The van der Waals surface area contributed by atoms with E-state index in [0.29, 0.717) is 5.92 Å². The molecule has 152 valence electrons. The molecule has 3 aromatic carbocycles. The summed E-state index contributed by atoms with van der Waals surface area (Å²) >= 11 is 3.72. The van der Waals surface area contributed by atoms with Crippen molar-refractivity contribution in [3.05, 3.63) is 100 Å². The van der Waals surface area contributed by atoms with Crippen LogP contribution >= 0.6 is 15.9 Å². The van der Waals surface area contributed by atoms with Crippen LogP contribution in [-0.4, -0.2) is 11.9 Å². The Morgan fingerprint density at radius 3 is 2.47 bits per heavy atom. The average molecular weight is 461 g/mol. The second-order valence-corrected chi connectivity index (χ2v) is 9.32. The summed E-state index contributed by atoms with van der Waals surface area (Å²) in [4.78, 5) is 8.73. The summed E-state index contributed by atoms with van der Waals surface area (Å²) in [7, 11) is 0. The van der Waals surface area contributed by atoms with E-state index >= 15 is 0 Å². The molecule has 0 aliphatic carbocycles. The lowest BCUT2D eigenvalue weighted by molar-refractivity contribution is -0.0238. The fraction of sp³-hybridized carbons (Fsp3) is 0.269. The van der Waals surface area contributed by atoms with Crippen LogP contribution in [0.5, 0.6) is 0 Å². The van der Waals surface area contributed by atoms with E-state index in [4.69, 9.17) is 4.84 Å². The molecule has 0 bridgehead atoms. The summed E-state index contributed by atoms with van der Waals surface area (Å²) in [6, 6.07) is 27.6. The maximum Gasteiger partial charge on any atom is 0.210 e. The van der Waals surface area contributed by atoms with Crippen LogP contribution in [-0.2, 0) is 16.8 Å². The van der Waals surface area contributed by atoms with Crippen molar-refractivity contribution in [2.24, 2.45) is 11.1 Å². The molecule has 0 radical (unpaired) electrons. The lowest BCUT2D eigenvalue weighted by Crippen LogP contribution is -2.52. The molecule has 0 unspecified atom stereocenters. The molecule has 4 heteroatoms. The summed E-state index contributed by atoms with van der Waals surface area (Å²) in [5.74, 6) is 0.391. The quantitative estimate of drug-likeness (QED) is 0.442. The third-order valence-corrected chi connectivity index (χ3v) is 7.37. The van der Waals surface area contributed by atoms with Gasteiger partial charge >= 0.3 is 0 Å². The van der Waals surface area contributed by atoms with Gasteiger partial charge in [0.2, 0.25) is 6.23 Å². The summed E-state index contributed by atoms with van der Waals surface area (Å²) in [6.07, 6.45) is 0.734. The summed E-state index contributed by atoms with van der Waals surface area (Å²) < 4.78 is 1.12. The molecular weight excluding hydrogens is 436 g/mol. The van der Waals surface area contributed by atoms with Gasteiger partial charge in [-0.1, -0.05) is 102 Å². The van der Waals surface area contributed by atoms with Gasteiger partial charge in [-0.05, 0) is 34.7 Å². The second-order valence-electron chi connectivity index (χ2n) is 8.47. The van der Waals surface area contributed by atoms with Crippen LogP contribution in [0.2, 0.25) is 0 Å². The standard InChI is InChI=1S/C26H25BrN2O/c1-18(2)26-16-23(19-10-4-3-5-11-19)28-30-25(26)29(24-15-9-7-13-21(24)26)17-20-12-6-8-14-22(20)27/h3-15,18,25H,16-17H2,1-2H3/t25-,26+/m0/s1. The van der Waals surface area contributed by atoms with E-state index in [0.717, 1.165) is 28.7 Å². The first-order valence-electron chi connectivity index (χ1n) is 10.5. The highest BCUT2D eigenvalue weighted by atomic mass is 79.9. The molecule has 0 fully saturated rings. The van der Waals surface area contributed by atoms with Gasteiger partial charge in [-0.25, -0.2) is 0 Å². The minimum absolute atomic E-state index is 0.130. The van der Waals surface area contributed by atoms with Crippen LogP contribution in [0.25, 0.3) is 0 Å². The molecule has 0 spiro atoms. The third kappa shape index (κ3) is 2.97. The van der Waals surface area contributed by atoms with Crippen molar-refractivity contribution in [1.29, 1.82) is 0 Å². The Kier molecular flexibility index (Phi) is 4.90. The number of oxime groups is 1. The van der Waals surface area contributed by atoms with Crippen molar-refractivity contribution in [2.45, 2.75) is 38.5 Å². The van der Waals surface area contributed by atoms with Crippen molar-refractivity contribution in [2.75, 3.05) is 4.90 Å². The first-order valence-corrected chi connectivity index (χ1v) is 11.3. The van der Waals surface area contributed by atoms with E-state index in [2.05, 4.69) is 113 Å². The summed E-state index contributed by atoms with van der Waals surface area (Å²) in [5.41, 5.74) is 5.87. The average Bonchev–Trinajstić information content (AvgIpc) is 3.06. The predicted molar refractivity (Wildman–Crippen MR) is 126 cm³/mol. The molecule has 0 N–H and O–H groups in total. The molecule has 2 atom stereocenters. The van der Waals surface area contributed by atoms with Gasteiger partial charge < -0.3 is 9.74 Å². The van der Waals surface area contributed by atoms with Gasteiger partial charge in [-0.2, -0.15) is 0 Å². The van der Waals surface area contributed by atoms with Crippen LogP contribution in [0.1, 0.15) is 37.0 Å². The fourth-order valence-corrected chi connectivity index (χ4v) is 5.39. The number of anilines is 1. The van der Waals surface area contributed by atoms with Gasteiger partial charge in [0, 0.05) is 23.1 Å². The van der Waals surface area contributed by atoms with Crippen LogP contribution in [0.15, 0.2) is 88.5 Å². The molecule has 2 aliphatic heterocycles. The predicted octanol–water partition coefficient (Wildman–Crippen LogP) is 6.51. The minimum Gasteiger partial charge on any atom is -0.369 e. The number of halogens is 1. The number of fused-ring (bicyclic) bond motifs is 3. The molecule has 3 aromatic rings. The Morgan fingerprint density at radius 2 is 1.70 bits per heavy atom. The van der Waals surface area contributed by atoms with Crippen molar-refractivity contribution in [1.82, 2.24) is 0 Å². The lowest BCUT2D eigenvalue weighted by atomic mass is 9.67. The molecule has 2 aliphatic rings. The highest BCUT2D eigenvalue weighted by molar-refractivity contribution is 9.10. The summed E-state index contributed by atoms with van der Waals surface area (Å²) in [6.45, 7) is 5.39. The van der Waals surface area contributed by atoms with E-state index in [-0.39, 0.29) is 11.6 Å². The largest absolute Gasteiger partial charge is 0.369 e. The number of nitrogens with zero attached hydrogens (tertiary/aromatic N) is 2. The van der Waals surface area contributed by atoms with E-state index in [1.165, 1.54) is 16.8 Å². The van der Waals surface area contributed by atoms with Gasteiger partial charge in [0.1, 0.15) is 0 Å². The van der Waals surface area contributed by atoms with Gasteiger partial charge in [0.15, 0.2) is 0 Å². The lowest BCUT2D eigenvalue weighted by Gasteiger charge is -2.43. The van der Waals surface area contributed by atoms with Crippen LogP contribution < -0.4 is 4.90 Å². The Labute approximate surface area is 186 Å². The SMILES string of the molecule is CC(C)[C@@]12CC(c3ccccc3)=NO[C@@H]1N(Cc1ccccc1Br)c1ccccc12. The monoisotopic (exact) mass is 460 g/mol. The van der Waals surface area contributed by atoms with Crippen molar-refractivity contribution < 1.29 is 4.84 Å². The topological polar surface area (TPSA) is 24.8 Å². The van der Waals surface area contributed by atoms with Crippen LogP contribution in [0.4, 0.5) is 5.69 Å². The Morgan fingerprint density at radius 1 is 1.00 bits per heavy atom. The normalized spacial score (nSPS) is 22.3. The second kappa shape index (κ2) is 7.59. The molecule has 0 aromatic heterocycles. The summed E-state index contributed by atoms with van der Waals surface area (Å²) in [5, 5.41) is 4.63. The maximum absolute atomic E-state index is 6.34. The van der Waals surface area contributed by atoms with Crippen molar-refractivity contribution in [3.8, 4) is 0 Å². The minimum atomic E-state index is -0.148. The molecule has 30 heavy (non-hydrogen) atoms. The zero-order valence-corrected chi connectivity index (χ0v) is 18.8. The molecule has 2 heterocycles. The van der Waals surface area contributed by atoms with Gasteiger partial charge in [0.05, 0.1) is 11.1 Å². The van der Waals surface area contributed by atoms with Gasteiger partial charge in [-0.15, -0.1) is 0 Å². The molecule has 5 rings (SSSR count). The number of rotatable bonds is 4. The Balaban J connectivity index is 1.62. The molecule has 0 saturated carbocycles. The first kappa shape index (κ1) is 19.4. The number of para-hydroxylation sites is 1. The van der Waals surface area contributed by atoms with E-state index in [9.17, 15) is 0 Å². The van der Waals surface area contributed by atoms with Crippen LogP contribution in [0.3, 0.4) is 0 Å². The molecule has 3 nitrogen and oxygen atoms in total. The zero-order chi connectivity index (χ0) is 20.7. The van der Waals surface area contributed by atoms with E-state index in [1.54, 1.807) is 0 Å². The Hall–Kier alpha value is -2.59. The smallest absolute Gasteiger partial charge is 0.210 e. The van der Waals surface area contributed by atoms with Gasteiger partial charge in [-0.3, -0.25) is 0 Å². The fourth-order valence-electron chi connectivity index (χ4n) is 4.98. The van der Waals surface area contributed by atoms with Crippen LogP contribution in [0, 0.1) is 5.92 Å². The maximum atomic E-state index is 6.34. The third-order valence-electron chi connectivity index (χ3n) is 6.60. The highest BCUT2D eigenvalue weighted by Crippen LogP contribution is 2.54. The number of hydrogen-bond acceptors (Lipinski definition) is 3. The molecule has 0 amide bonds. The highest BCUT2D eigenvalue weighted by Gasteiger charge is 2.57. The number of benzene rings is 3. The molecular formula is C26H25BrN2O. The van der Waals surface area contributed by atoms with Gasteiger partial charge in [0.25, 0.3) is 0 Å². The Bertz CT molecular complexity index is 1090. The number of hydrogen-bond donors (Lipinski definition) is 0. The first-order chi connectivity index (χ1) is 14.6. The van der Waals surface area contributed by atoms with Crippen molar-refractivity contribution in [3.63, 3.8) is 0 Å². The van der Waals surface area contributed by atoms with E-state index in [1.807, 2.05) is 6.07 Å². The van der Waals surface area contributed by atoms with E-state index < -0.39 is 0 Å². The van der Waals surface area contributed by atoms with Crippen molar-refractivity contribution >= 4 is 27.3 Å².